The first-order valence-electron chi connectivity index (χ1n) is 9.00. The van der Waals surface area contributed by atoms with Gasteiger partial charge in [0.2, 0.25) is 5.89 Å². The Balaban J connectivity index is 1.63. The molecule has 2 aromatic carbocycles. The van der Waals surface area contributed by atoms with Gasteiger partial charge in [0.25, 0.3) is 5.91 Å². The van der Waals surface area contributed by atoms with E-state index in [1.54, 1.807) is 6.92 Å². The molecule has 0 unspecified atom stereocenters. The molecule has 27 heavy (non-hydrogen) atoms. The largest absolute Gasteiger partial charge is 0.337 e. The summed E-state index contributed by atoms with van der Waals surface area (Å²) < 4.78 is 5.31. The van der Waals surface area contributed by atoms with Crippen LogP contribution in [0.5, 0.6) is 0 Å². The summed E-state index contributed by atoms with van der Waals surface area (Å²) in [7, 11) is 0. The molecule has 1 saturated heterocycles. The lowest BCUT2D eigenvalue weighted by Gasteiger charge is -2.22. The molecular formula is C21H20ClN3O2. The van der Waals surface area contributed by atoms with Crippen LogP contribution in [0, 0.1) is 13.8 Å². The zero-order chi connectivity index (χ0) is 19.0. The van der Waals surface area contributed by atoms with Gasteiger partial charge in [0.05, 0.1) is 0 Å². The van der Waals surface area contributed by atoms with Gasteiger partial charge in [-0.3, -0.25) is 4.79 Å². The van der Waals surface area contributed by atoms with Gasteiger partial charge >= 0.3 is 0 Å². The van der Waals surface area contributed by atoms with Crippen molar-refractivity contribution >= 4 is 17.5 Å². The van der Waals surface area contributed by atoms with Crippen LogP contribution in [0.1, 0.15) is 46.5 Å². The fourth-order valence-corrected chi connectivity index (χ4v) is 3.67. The van der Waals surface area contributed by atoms with Crippen molar-refractivity contribution < 1.29 is 9.32 Å². The maximum absolute atomic E-state index is 13.2. The van der Waals surface area contributed by atoms with Crippen molar-refractivity contribution in [3.05, 3.63) is 70.3 Å². The van der Waals surface area contributed by atoms with E-state index in [-0.39, 0.29) is 11.9 Å². The lowest BCUT2D eigenvalue weighted by atomic mass is 10.0. The molecule has 0 N–H and O–H groups in total. The van der Waals surface area contributed by atoms with Crippen LogP contribution in [0.3, 0.4) is 0 Å². The third kappa shape index (κ3) is 3.47. The van der Waals surface area contributed by atoms with Gasteiger partial charge in [-0.05, 0) is 61.6 Å². The minimum atomic E-state index is -0.156. The number of aryl methyl sites for hydroxylation is 2. The molecule has 6 heteroatoms. The van der Waals surface area contributed by atoms with Gasteiger partial charge in [-0.1, -0.05) is 41.0 Å². The van der Waals surface area contributed by atoms with Gasteiger partial charge in [-0.2, -0.15) is 4.98 Å². The first-order chi connectivity index (χ1) is 13.0. The molecule has 2 heterocycles. The Morgan fingerprint density at radius 2 is 2.00 bits per heavy atom. The highest BCUT2D eigenvalue weighted by atomic mass is 35.5. The number of carbonyl (C=O) groups is 1. The van der Waals surface area contributed by atoms with Crippen LogP contribution >= 0.6 is 11.6 Å². The fourth-order valence-electron chi connectivity index (χ4n) is 3.49. The number of rotatable bonds is 3. The van der Waals surface area contributed by atoms with Gasteiger partial charge in [0, 0.05) is 17.1 Å². The second-order valence-electron chi connectivity index (χ2n) is 6.88. The van der Waals surface area contributed by atoms with Crippen molar-refractivity contribution in [2.24, 2.45) is 0 Å². The Morgan fingerprint density at radius 1 is 1.19 bits per heavy atom. The van der Waals surface area contributed by atoms with Crippen molar-refractivity contribution in [1.82, 2.24) is 15.0 Å². The number of benzene rings is 2. The van der Waals surface area contributed by atoms with Crippen molar-refractivity contribution in [3.8, 4) is 11.1 Å². The van der Waals surface area contributed by atoms with E-state index in [9.17, 15) is 4.79 Å². The number of halogens is 1. The van der Waals surface area contributed by atoms with Gasteiger partial charge in [0.15, 0.2) is 5.82 Å². The first-order valence-corrected chi connectivity index (χ1v) is 9.38. The molecule has 3 aromatic rings. The summed E-state index contributed by atoms with van der Waals surface area (Å²) in [6.07, 6.45) is 1.76. The molecule has 1 amide bonds. The Hall–Kier alpha value is -2.66. The van der Waals surface area contributed by atoms with Gasteiger partial charge in [-0.25, -0.2) is 0 Å². The fraction of sp³-hybridized carbons (Fsp3) is 0.286. The Morgan fingerprint density at radius 3 is 2.74 bits per heavy atom. The van der Waals surface area contributed by atoms with E-state index in [1.807, 2.05) is 54.3 Å². The van der Waals surface area contributed by atoms with E-state index in [2.05, 4.69) is 10.1 Å². The summed E-state index contributed by atoms with van der Waals surface area (Å²) in [4.78, 5) is 19.3. The minimum absolute atomic E-state index is 0.0200. The van der Waals surface area contributed by atoms with Crippen LogP contribution in [0.4, 0.5) is 0 Å². The van der Waals surface area contributed by atoms with E-state index < -0.39 is 0 Å². The minimum Gasteiger partial charge on any atom is -0.337 e. The zero-order valence-corrected chi connectivity index (χ0v) is 16.0. The van der Waals surface area contributed by atoms with Crippen LogP contribution < -0.4 is 0 Å². The maximum atomic E-state index is 13.2. The monoisotopic (exact) mass is 381 g/mol. The molecule has 0 spiro atoms. The second-order valence-corrected chi connectivity index (χ2v) is 7.29. The van der Waals surface area contributed by atoms with Crippen LogP contribution in [-0.4, -0.2) is 27.5 Å². The molecule has 0 aliphatic carbocycles. The number of aromatic nitrogens is 2. The molecule has 5 nitrogen and oxygen atoms in total. The van der Waals surface area contributed by atoms with Gasteiger partial charge in [0.1, 0.15) is 6.04 Å². The molecule has 1 atom stereocenters. The quantitative estimate of drug-likeness (QED) is 0.641. The number of amides is 1. The standard InChI is InChI=1S/C21H20ClN3O2/c1-13-8-9-16(12-18(13)22)15-5-3-6-17(11-15)21(26)25-10-4-7-19(25)20-23-14(2)24-27-20/h3,5-6,8-9,11-12,19H,4,7,10H2,1-2H3/t19-/m0/s1. The highest BCUT2D eigenvalue weighted by Gasteiger charge is 2.34. The molecule has 138 valence electrons. The van der Waals surface area contributed by atoms with E-state index in [0.29, 0.717) is 23.8 Å². The molecule has 1 aliphatic heterocycles. The van der Waals surface area contributed by atoms with Crippen molar-refractivity contribution in [2.75, 3.05) is 6.54 Å². The number of nitrogens with zero attached hydrogens (tertiary/aromatic N) is 3. The average molecular weight is 382 g/mol. The normalized spacial score (nSPS) is 16.7. The van der Waals surface area contributed by atoms with Gasteiger partial charge < -0.3 is 9.42 Å². The summed E-state index contributed by atoms with van der Waals surface area (Å²) in [5, 5.41) is 4.58. The van der Waals surface area contributed by atoms with E-state index in [0.717, 1.165) is 34.6 Å². The molecule has 1 aliphatic rings. The topological polar surface area (TPSA) is 59.2 Å². The third-order valence-electron chi connectivity index (χ3n) is 4.96. The van der Waals surface area contributed by atoms with Gasteiger partial charge in [-0.15, -0.1) is 0 Å². The predicted molar refractivity (Wildman–Crippen MR) is 104 cm³/mol. The molecule has 0 bridgehead atoms. The summed E-state index contributed by atoms with van der Waals surface area (Å²) >= 11 is 6.26. The number of hydrogen-bond donors (Lipinski definition) is 0. The Labute approximate surface area is 163 Å². The average Bonchev–Trinajstić information content (AvgIpc) is 3.32. The smallest absolute Gasteiger partial charge is 0.254 e. The highest BCUT2D eigenvalue weighted by Crippen LogP contribution is 2.33. The second kappa shape index (κ2) is 7.16. The van der Waals surface area contributed by atoms with Crippen molar-refractivity contribution in [3.63, 3.8) is 0 Å². The lowest BCUT2D eigenvalue weighted by Crippen LogP contribution is -2.30. The number of hydrogen-bond acceptors (Lipinski definition) is 4. The number of likely N-dealkylation sites (tertiary alicyclic amines) is 1. The summed E-state index contributed by atoms with van der Waals surface area (Å²) in [5.74, 6) is 1.08. The molecule has 0 radical (unpaired) electrons. The van der Waals surface area contributed by atoms with E-state index in [4.69, 9.17) is 16.1 Å². The van der Waals surface area contributed by atoms with Crippen LogP contribution in [0.25, 0.3) is 11.1 Å². The number of carbonyl (C=O) groups excluding carboxylic acids is 1. The van der Waals surface area contributed by atoms with Crippen molar-refractivity contribution in [1.29, 1.82) is 0 Å². The van der Waals surface area contributed by atoms with Crippen LogP contribution in [0.2, 0.25) is 5.02 Å². The molecule has 1 aromatic heterocycles. The highest BCUT2D eigenvalue weighted by molar-refractivity contribution is 6.31. The van der Waals surface area contributed by atoms with E-state index in [1.165, 1.54) is 0 Å². The summed E-state index contributed by atoms with van der Waals surface area (Å²) in [6.45, 7) is 4.44. The Kier molecular flexibility index (Phi) is 4.70. The maximum Gasteiger partial charge on any atom is 0.254 e. The molecule has 1 fully saturated rings. The molecule has 0 saturated carbocycles. The van der Waals surface area contributed by atoms with Crippen LogP contribution in [-0.2, 0) is 0 Å². The molecular weight excluding hydrogens is 362 g/mol. The van der Waals surface area contributed by atoms with Crippen LogP contribution in [0.15, 0.2) is 47.0 Å². The molecule has 4 rings (SSSR count). The zero-order valence-electron chi connectivity index (χ0n) is 15.3. The SMILES string of the molecule is Cc1noc([C@@H]2CCCN2C(=O)c2cccc(-c3ccc(C)c(Cl)c3)c2)n1. The first kappa shape index (κ1) is 17.7. The van der Waals surface area contributed by atoms with E-state index >= 15 is 0 Å². The Bertz CT molecular complexity index is 999. The summed E-state index contributed by atoms with van der Waals surface area (Å²) in [5.41, 5.74) is 3.63. The predicted octanol–water partition coefficient (Wildman–Crippen LogP) is 4.98. The third-order valence-corrected chi connectivity index (χ3v) is 5.36. The van der Waals surface area contributed by atoms with Crippen molar-refractivity contribution in [2.45, 2.75) is 32.7 Å². The summed E-state index contributed by atoms with van der Waals surface area (Å²) in [6, 6.07) is 13.4. The lowest BCUT2D eigenvalue weighted by molar-refractivity contribution is 0.0710.